The van der Waals surface area contributed by atoms with Crippen molar-refractivity contribution in [3.8, 4) is 0 Å². The maximum Gasteiger partial charge on any atom is 0.313 e. The standard InChI is InChI=1S/C10H18O3/c1-10(2,7-12-3)9(11)13-6-8-4-5-8/h8H,4-7H2,1-3H3. The zero-order valence-corrected chi connectivity index (χ0v) is 8.63. The van der Waals surface area contributed by atoms with Crippen LogP contribution in [0, 0.1) is 11.3 Å². The van der Waals surface area contributed by atoms with E-state index in [4.69, 9.17) is 9.47 Å². The van der Waals surface area contributed by atoms with Crippen molar-refractivity contribution < 1.29 is 14.3 Å². The largest absolute Gasteiger partial charge is 0.465 e. The Morgan fingerprint density at radius 1 is 1.46 bits per heavy atom. The van der Waals surface area contributed by atoms with Gasteiger partial charge in [0.1, 0.15) is 0 Å². The Labute approximate surface area is 79.4 Å². The minimum absolute atomic E-state index is 0.152. The van der Waals surface area contributed by atoms with E-state index in [-0.39, 0.29) is 5.97 Å². The summed E-state index contributed by atoms with van der Waals surface area (Å²) in [5, 5.41) is 0. The van der Waals surface area contributed by atoms with Gasteiger partial charge in [-0.25, -0.2) is 0 Å². The molecule has 0 spiro atoms. The number of methoxy groups -OCH3 is 1. The number of carbonyl (C=O) groups excluding carboxylic acids is 1. The van der Waals surface area contributed by atoms with Crippen molar-refractivity contribution >= 4 is 5.97 Å². The number of hydrogen-bond acceptors (Lipinski definition) is 3. The maximum absolute atomic E-state index is 11.5. The molecule has 1 saturated carbocycles. The van der Waals surface area contributed by atoms with E-state index in [9.17, 15) is 4.79 Å². The second kappa shape index (κ2) is 4.09. The van der Waals surface area contributed by atoms with Crippen LogP contribution in [0.3, 0.4) is 0 Å². The third-order valence-electron chi connectivity index (χ3n) is 2.20. The lowest BCUT2D eigenvalue weighted by Crippen LogP contribution is -2.31. The summed E-state index contributed by atoms with van der Waals surface area (Å²) in [6.45, 7) is 4.68. The summed E-state index contributed by atoms with van der Waals surface area (Å²) in [6, 6.07) is 0. The van der Waals surface area contributed by atoms with Gasteiger partial charge in [0.25, 0.3) is 0 Å². The fourth-order valence-corrected chi connectivity index (χ4v) is 1.09. The number of esters is 1. The van der Waals surface area contributed by atoms with Gasteiger partial charge >= 0.3 is 5.97 Å². The van der Waals surface area contributed by atoms with Crippen molar-refractivity contribution in [1.82, 2.24) is 0 Å². The fraction of sp³-hybridized carbons (Fsp3) is 0.900. The smallest absolute Gasteiger partial charge is 0.313 e. The van der Waals surface area contributed by atoms with Crippen LogP contribution in [0.1, 0.15) is 26.7 Å². The van der Waals surface area contributed by atoms with E-state index in [1.807, 2.05) is 13.8 Å². The van der Waals surface area contributed by atoms with Gasteiger partial charge in [-0.2, -0.15) is 0 Å². The Kier molecular flexibility index (Phi) is 3.31. The second-order valence-electron chi connectivity index (χ2n) is 4.36. The minimum atomic E-state index is -0.510. The van der Waals surface area contributed by atoms with Gasteiger partial charge in [0.2, 0.25) is 0 Å². The predicted molar refractivity (Wildman–Crippen MR) is 49.3 cm³/mol. The van der Waals surface area contributed by atoms with Gasteiger partial charge in [-0.1, -0.05) is 0 Å². The molecule has 1 fully saturated rings. The molecule has 0 heterocycles. The molecular formula is C10H18O3. The van der Waals surface area contributed by atoms with E-state index in [0.29, 0.717) is 19.1 Å². The molecule has 0 N–H and O–H groups in total. The van der Waals surface area contributed by atoms with Crippen LogP contribution in [0.2, 0.25) is 0 Å². The summed E-state index contributed by atoms with van der Waals surface area (Å²) < 4.78 is 10.1. The van der Waals surface area contributed by atoms with Gasteiger partial charge in [-0.05, 0) is 32.6 Å². The first kappa shape index (κ1) is 10.5. The van der Waals surface area contributed by atoms with Crippen LogP contribution in [-0.2, 0) is 14.3 Å². The average molecular weight is 186 g/mol. The molecule has 3 heteroatoms. The third kappa shape index (κ3) is 3.35. The Bertz CT molecular complexity index is 183. The lowest BCUT2D eigenvalue weighted by atomic mass is 9.95. The summed E-state index contributed by atoms with van der Waals surface area (Å²) in [4.78, 5) is 11.5. The first-order chi connectivity index (χ1) is 6.06. The molecule has 1 aliphatic carbocycles. The highest BCUT2D eigenvalue weighted by Gasteiger charge is 2.31. The Morgan fingerprint density at radius 3 is 2.54 bits per heavy atom. The molecule has 0 aromatic heterocycles. The molecule has 0 aliphatic heterocycles. The zero-order valence-electron chi connectivity index (χ0n) is 8.63. The van der Waals surface area contributed by atoms with Gasteiger partial charge < -0.3 is 9.47 Å². The van der Waals surface area contributed by atoms with E-state index >= 15 is 0 Å². The van der Waals surface area contributed by atoms with E-state index in [1.165, 1.54) is 12.8 Å². The first-order valence-corrected chi connectivity index (χ1v) is 4.72. The molecular weight excluding hydrogens is 168 g/mol. The van der Waals surface area contributed by atoms with Crippen LogP contribution in [0.5, 0.6) is 0 Å². The Hall–Kier alpha value is -0.570. The van der Waals surface area contributed by atoms with E-state index in [0.717, 1.165) is 0 Å². The molecule has 76 valence electrons. The molecule has 0 aromatic carbocycles. The molecule has 3 nitrogen and oxygen atoms in total. The van der Waals surface area contributed by atoms with Gasteiger partial charge in [0.05, 0.1) is 18.6 Å². The molecule has 0 unspecified atom stereocenters. The van der Waals surface area contributed by atoms with Crippen LogP contribution in [0.4, 0.5) is 0 Å². The summed E-state index contributed by atoms with van der Waals surface area (Å²) in [5.41, 5.74) is -0.510. The van der Waals surface area contributed by atoms with Crippen molar-refractivity contribution in [1.29, 1.82) is 0 Å². The van der Waals surface area contributed by atoms with Crippen LogP contribution in [0.15, 0.2) is 0 Å². The average Bonchev–Trinajstić information content (AvgIpc) is 2.83. The monoisotopic (exact) mass is 186 g/mol. The summed E-state index contributed by atoms with van der Waals surface area (Å²) >= 11 is 0. The highest BCUT2D eigenvalue weighted by molar-refractivity contribution is 5.76. The van der Waals surface area contributed by atoms with Crippen LogP contribution in [-0.4, -0.2) is 26.3 Å². The molecule has 0 saturated heterocycles. The molecule has 0 atom stereocenters. The Morgan fingerprint density at radius 2 is 2.08 bits per heavy atom. The van der Waals surface area contributed by atoms with E-state index in [1.54, 1.807) is 7.11 Å². The summed E-state index contributed by atoms with van der Waals surface area (Å²) in [7, 11) is 1.59. The van der Waals surface area contributed by atoms with Crippen molar-refractivity contribution in [2.45, 2.75) is 26.7 Å². The van der Waals surface area contributed by atoms with Crippen LogP contribution in [0.25, 0.3) is 0 Å². The molecule has 0 radical (unpaired) electrons. The minimum Gasteiger partial charge on any atom is -0.465 e. The Balaban J connectivity index is 2.26. The number of carbonyl (C=O) groups is 1. The highest BCUT2D eigenvalue weighted by atomic mass is 16.5. The molecule has 0 aromatic rings. The lowest BCUT2D eigenvalue weighted by molar-refractivity contribution is -0.157. The molecule has 0 amide bonds. The lowest BCUT2D eigenvalue weighted by Gasteiger charge is -2.21. The van der Waals surface area contributed by atoms with Gasteiger partial charge in [0.15, 0.2) is 0 Å². The SMILES string of the molecule is COCC(C)(C)C(=O)OCC1CC1. The van der Waals surface area contributed by atoms with E-state index < -0.39 is 5.41 Å². The van der Waals surface area contributed by atoms with E-state index in [2.05, 4.69) is 0 Å². The molecule has 1 rings (SSSR count). The zero-order chi connectivity index (χ0) is 9.90. The molecule has 13 heavy (non-hydrogen) atoms. The summed E-state index contributed by atoms with van der Waals surface area (Å²) in [5.74, 6) is 0.476. The van der Waals surface area contributed by atoms with Crippen molar-refractivity contribution in [2.24, 2.45) is 11.3 Å². The number of rotatable bonds is 5. The first-order valence-electron chi connectivity index (χ1n) is 4.72. The quantitative estimate of drug-likeness (QED) is 0.612. The van der Waals surface area contributed by atoms with Gasteiger partial charge in [-0.15, -0.1) is 0 Å². The normalized spacial score (nSPS) is 17.2. The van der Waals surface area contributed by atoms with Gasteiger partial charge in [0, 0.05) is 7.11 Å². The summed E-state index contributed by atoms with van der Waals surface area (Å²) in [6.07, 6.45) is 2.41. The topological polar surface area (TPSA) is 35.5 Å². The van der Waals surface area contributed by atoms with Crippen molar-refractivity contribution in [2.75, 3.05) is 20.3 Å². The van der Waals surface area contributed by atoms with Gasteiger partial charge in [-0.3, -0.25) is 4.79 Å². The maximum atomic E-state index is 11.5. The van der Waals surface area contributed by atoms with Crippen molar-refractivity contribution in [3.05, 3.63) is 0 Å². The molecule has 1 aliphatic rings. The molecule has 0 bridgehead atoms. The predicted octanol–water partition coefficient (Wildman–Crippen LogP) is 1.61. The highest BCUT2D eigenvalue weighted by Crippen LogP contribution is 2.29. The van der Waals surface area contributed by atoms with Crippen LogP contribution >= 0.6 is 0 Å². The fourth-order valence-electron chi connectivity index (χ4n) is 1.09. The second-order valence-corrected chi connectivity index (χ2v) is 4.36. The van der Waals surface area contributed by atoms with Crippen molar-refractivity contribution in [3.63, 3.8) is 0 Å². The third-order valence-corrected chi connectivity index (χ3v) is 2.20. The number of ether oxygens (including phenoxy) is 2. The van der Waals surface area contributed by atoms with Crippen LogP contribution < -0.4 is 0 Å². The number of hydrogen-bond donors (Lipinski definition) is 0.